The molecule has 6 nitrogen and oxygen atoms in total. The average molecular weight is 351 g/mol. The Morgan fingerprint density at radius 3 is 2.88 bits per heavy atom. The van der Waals surface area contributed by atoms with Gasteiger partial charge >= 0.3 is 0 Å². The van der Waals surface area contributed by atoms with Crippen LogP contribution in [-0.4, -0.2) is 46.5 Å². The Hall–Kier alpha value is -1.89. The number of carbonyl (C=O) groups is 1. The van der Waals surface area contributed by atoms with E-state index in [0.717, 1.165) is 23.5 Å². The molecule has 1 amide bonds. The minimum atomic E-state index is -0.397. The summed E-state index contributed by atoms with van der Waals surface area (Å²) < 4.78 is 1.77. The Morgan fingerprint density at radius 1 is 1.42 bits per heavy atom. The van der Waals surface area contributed by atoms with E-state index in [1.807, 2.05) is 38.1 Å². The molecule has 1 saturated heterocycles. The van der Waals surface area contributed by atoms with Crippen LogP contribution in [0.15, 0.2) is 30.5 Å². The molecule has 0 radical (unpaired) electrons. The molecule has 2 atom stereocenters. The zero-order valence-corrected chi connectivity index (χ0v) is 14.6. The predicted octanol–water partition coefficient (Wildman–Crippen LogP) is 1.22. The fourth-order valence-electron chi connectivity index (χ4n) is 2.90. The summed E-state index contributed by atoms with van der Waals surface area (Å²) in [5, 5.41) is 20.1. The molecule has 1 aromatic heterocycles. The van der Waals surface area contributed by atoms with E-state index in [1.54, 1.807) is 10.9 Å². The average Bonchev–Trinajstić information content (AvgIpc) is 3.11. The van der Waals surface area contributed by atoms with Gasteiger partial charge in [0.1, 0.15) is 0 Å². The summed E-state index contributed by atoms with van der Waals surface area (Å²) >= 11 is 0. The van der Waals surface area contributed by atoms with Crippen molar-refractivity contribution in [2.75, 3.05) is 19.6 Å². The van der Waals surface area contributed by atoms with E-state index >= 15 is 0 Å². The lowest BCUT2D eigenvalue weighted by Crippen LogP contribution is -2.34. The van der Waals surface area contributed by atoms with Crippen LogP contribution in [-0.2, 0) is 0 Å². The molecule has 1 aliphatic rings. The highest BCUT2D eigenvalue weighted by Crippen LogP contribution is 2.15. The van der Waals surface area contributed by atoms with Crippen molar-refractivity contribution in [2.45, 2.75) is 20.0 Å². The molecule has 0 saturated carbocycles. The highest BCUT2D eigenvalue weighted by atomic mass is 35.5. The first kappa shape index (κ1) is 18.4. The number of benzene rings is 1. The fourth-order valence-corrected chi connectivity index (χ4v) is 2.90. The molecule has 0 bridgehead atoms. The molecule has 1 aromatic carbocycles. The SMILES string of the molecule is Cc1cccc(-n2ncc(C(=O)NCC3CNCC3O)c2C)c1.Cl. The van der Waals surface area contributed by atoms with Crippen molar-refractivity contribution in [3.05, 3.63) is 47.3 Å². The van der Waals surface area contributed by atoms with Crippen LogP contribution in [0.25, 0.3) is 5.69 Å². The zero-order valence-electron chi connectivity index (χ0n) is 13.8. The third-order valence-electron chi connectivity index (χ3n) is 4.33. The molecular weight excluding hydrogens is 328 g/mol. The number of nitrogens with zero attached hydrogens (tertiary/aromatic N) is 2. The maximum atomic E-state index is 12.4. The highest BCUT2D eigenvalue weighted by Gasteiger charge is 2.25. The maximum absolute atomic E-state index is 12.4. The molecule has 7 heteroatoms. The van der Waals surface area contributed by atoms with E-state index in [1.165, 1.54) is 0 Å². The van der Waals surface area contributed by atoms with Gasteiger partial charge in [-0.1, -0.05) is 12.1 Å². The van der Waals surface area contributed by atoms with E-state index in [4.69, 9.17) is 0 Å². The van der Waals surface area contributed by atoms with E-state index < -0.39 is 6.10 Å². The molecule has 24 heavy (non-hydrogen) atoms. The topological polar surface area (TPSA) is 79.2 Å². The fraction of sp³-hybridized carbons (Fsp3) is 0.412. The number of halogens is 1. The second-order valence-electron chi connectivity index (χ2n) is 6.09. The first-order chi connectivity index (χ1) is 11.1. The standard InChI is InChI=1S/C17H22N4O2.ClH/c1-11-4-3-5-14(6-11)21-12(2)15(9-20-21)17(23)19-8-13-7-18-10-16(13)22;/h3-6,9,13,16,18,22H,7-8,10H2,1-2H3,(H,19,23);1H. The molecule has 3 N–H and O–H groups in total. The molecule has 2 unspecified atom stereocenters. The largest absolute Gasteiger partial charge is 0.391 e. The van der Waals surface area contributed by atoms with Crippen LogP contribution < -0.4 is 10.6 Å². The summed E-state index contributed by atoms with van der Waals surface area (Å²) in [4.78, 5) is 12.4. The van der Waals surface area contributed by atoms with Crippen LogP contribution in [0, 0.1) is 19.8 Å². The van der Waals surface area contributed by atoms with Crippen molar-refractivity contribution in [1.29, 1.82) is 0 Å². The number of carbonyl (C=O) groups excluding carboxylic acids is 1. The zero-order chi connectivity index (χ0) is 16.4. The third-order valence-corrected chi connectivity index (χ3v) is 4.33. The van der Waals surface area contributed by atoms with E-state index in [2.05, 4.69) is 15.7 Å². The molecule has 3 rings (SSSR count). The van der Waals surface area contributed by atoms with Gasteiger partial charge in [-0.2, -0.15) is 5.10 Å². The van der Waals surface area contributed by atoms with Gasteiger partial charge in [0, 0.05) is 25.6 Å². The van der Waals surface area contributed by atoms with Gasteiger partial charge in [-0.25, -0.2) is 4.68 Å². The molecule has 0 spiro atoms. The number of nitrogens with one attached hydrogen (secondary N) is 2. The minimum Gasteiger partial charge on any atom is -0.391 e. The van der Waals surface area contributed by atoms with Gasteiger partial charge in [0.15, 0.2) is 0 Å². The molecule has 2 aromatic rings. The first-order valence-corrected chi connectivity index (χ1v) is 7.85. The van der Waals surface area contributed by atoms with Gasteiger partial charge in [-0.15, -0.1) is 12.4 Å². The highest BCUT2D eigenvalue weighted by molar-refractivity contribution is 5.95. The third kappa shape index (κ3) is 3.77. The normalized spacial score (nSPS) is 19.8. The number of rotatable bonds is 4. The summed E-state index contributed by atoms with van der Waals surface area (Å²) in [6.45, 7) is 5.68. The lowest BCUT2D eigenvalue weighted by molar-refractivity contribution is 0.0926. The Labute approximate surface area is 147 Å². The van der Waals surface area contributed by atoms with Crippen LogP contribution in [0.5, 0.6) is 0 Å². The lowest BCUT2D eigenvalue weighted by atomic mass is 10.1. The number of aliphatic hydroxyl groups is 1. The molecule has 130 valence electrons. The van der Waals surface area contributed by atoms with Gasteiger partial charge in [-0.3, -0.25) is 4.79 Å². The number of β-amino-alcohol motifs (C(OH)–C–C–N with tert-alkyl or cyclic N) is 1. The van der Waals surface area contributed by atoms with E-state index in [-0.39, 0.29) is 24.2 Å². The Morgan fingerprint density at radius 2 is 2.21 bits per heavy atom. The smallest absolute Gasteiger partial charge is 0.254 e. The summed E-state index contributed by atoms with van der Waals surface area (Å²) in [7, 11) is 0. The van der Waals surface area contributed by atoms with Gasteiger partial charge < -0.3 is 15.7 Å². The van der Waals surface area contributed by atoms with Crippen molar-refractivity contribution in [3.63, 3.8) is 0 Å². The van der Waals surface area contributed by atoms with Gasteiger partial charge in [0.05, 0.1) is 29.2 Å². The van der Waals surface area contributed by atoms with Crippen molar-refractivity contribution < 1.29 is 9.90 Å². The number of aromatic nitrogens is 2. The van der Waals surface area contributed by atoms with Crippen molar-refractivity contribution in [3.8, 4) is 5.69 Å². The van der Waals surface area contributed by atoms with Gasteiger partial charge in [-0.05, 0) is 31.5 Å². The van der Waals surface area contributed by atoms with Gasteiger partial charge in [0.25, 0.3) is 5.91 Å². The lowest BCUT2D eigenvalue weighted by Gasteiger charge is -2.14. The number of amides is 1. The van der Waals surface area contributed by atoms with E-state index in [0.29, 0.717) is 18.7 Å². The maximum Gasteiger partial charge on any atom is 0.254 e. The summed E-state index contributed by atoms with van der Waals surface area (Å²) in [5.41, 5.74) is 3.45. The van der Waals surface area contributed by atoms with Crippen LogP contribution in [0.2, 0.25) is 0 Å². The van der Waals surface area contributed by atoms with Crippen LogP contribution >= 0.6 is 12.4 Å². The monoisotopic (exact) mass is 350 g/mol. The second kappa shape index (κ2) is 7.79. The number of aliphatic hydroxyl groups excluding tert-OH is 1. The Balaban J connectivity index is 0.00000208. The Bertz CT molecular complexity index is 716. The first-order valence-electron chi connectivity index (χ1n) is 7.85. The molecule has 0 aliphatic carbocycles. The number of aryl methyl sites for hydroxylation is 1. The Kier molecular flexibility index (Phi) is 5.99. The molecular formula is C17H23ClN4O2. The van der Waals surface area contributed by atoms with Crippen LogP contribution in [0.1, 0.15) is 21.6 Å². The predicted molar refractivity (Wildman–Crippen MR) is 95.0 cm³/mol. The quantitative estimate of drug-likeness (QED) is 0.774. The van der Waals surface area contributed by atoms with Crippen LogP contribution in [0.4, 0.5) is 0 Å². The number of hydrogen-bond donors (Lipinski definition) is 3. The number of hydrogen-bond acceptors (Lipinski definition) is 4. The summed E-state index contributed by atoms with van der Waals surface area (Å²) in [6, 6.07) is 7.99. The van der Waals surface area contributed by atoms with Crippen LogP contribution in [0.3, 0.4) is 0 Å². The molecule has 2 heterocycles. The molecule has 1 aliphatic heterocycles. The summed E-state index contributed by atoms with van der Waals surface area (Å²) in [5.74, 6) is -0.0911. The van der Waals surface area contributed by atoms with Crippen molar-refractivity contribution >= 4 is 18.3 Å². The second-order valence-corrected chi connectivity index (χ2v) is 6.09. The van der Waals surface area contributed by atoms with Crippen molar-refractivity contribution in [1.82, 2.24) is 20.4 Å². The van der Waals surface area contributed by atoms with Gasteiger partial charge in [0.2, 0.25) is 0 Å². The minimum absolute atomic E-state index is 0. The summed E-state index contributed by atoms with van der Waals surface area (Å²) in [6.07, 6.45) is 1.20. The van der Waals surface area contributed by atoms with Crippen molar-refractivity contribution in [2.24, 2.45) is 5.92 Å². The van der Waals surface area contributed by atoms with E-state index in [9.17, 15) is 9.90 Å². The molecule has 1 fully saturated rings.